The highest BCUT2D eigenvalue weighted by molar-refractivity contribution is 5.88. The molecule has 0 atom stereocenters. The molecule has 0 spiro atoms. The average molecular weight is 280 g/mol. The van der Waals surface area contributed by atoms with Crippen molar-refractivity contribution in [3.63, 3.8) is 0 Å². The Morgan fingerprint density at radius 3 is 2.38 bits per heavy atom. The van der Waals surface area contributed by atoms with Crippen molar-refractivity contribution in [2.45, 2.75) is 6.92 Å². The SMILES string of the molecule is Cc1ccc(C2=CCN(c3ccc(C(=O)O)cc3)N2)cc1. The lowest BCUT2D eigenvalue weighted by Crippen LogP contribution is -2.31. The number of carboxylic acid groups (broad SMARTS) is 1. The van der Waals surface area contributed by atoms with Gasteiger partial charge in [0.25, 0.3) is 0 Å². The van der Waals surface area contributed by atoms with Gasteiger partial charge in [-0.3, -0.25) is 10.4 Å². The Hall–Kier alpha value is -2.75. The monoisotopic (exact) mass is 280 g/mol. The molecule has 2 aromatic rings. The topological polar surface area (TPSA) is 52.6 Å². The van der Waals surface area contributed by atoms with Crippen LogP contribution in [0.15, 0.2) is 54.6 Å². The van der Waals surface area contributed by atoms with E-state index >= 15 is 0 Å². The third kappa shape index (κ3) is 2.74. The van der Waals surface area contributed by atoms with Gasteiger partial charge in [0.1, 0.15) is 0 Å². The fourth-order valence-electron chi connectivity index (χ4n) is 2.29. The molecule has 0 unspecified atom stereocenters. The summed E-state index contributed by atoms with van der Waals surface area (Å²) in [7, 11) is 0. The summed E-state index contributed by atoms with van der Waals surface area (Å²) in [4.78, 5) is 10.9. The van der Waals surface area contributed by atoms with Gasteiger partial charge in [0.2, 0.25) is 0 Å². The molecule has 0 bridgehead atoms. The van der Waals surface area contributed by atoms with Crippen LogP contribution in [-0.4, -0.2) is 17.6 Å². The van der Waals surface area contributed by atoms with Crippen molar-refractivity contribution in [1.29, 1.82) is 0 Å². The molecule has 0 radical (unpaired) electrons. The molecule has 2 aromatic carbocycles. The molecule has 3 rings (SSSR count). The van der Waals surface area contributed by atoms with Crippen LogP contribution < -0.4 is 10.4 Å². The fraction of sp³-hybridized carbons (Fsp3) is 0.118. The number of benzene rings is 2. The summed E-state index contributed by atoms with van der Waals surface area (Å²) < 4.78 is 0. The molecular formula is C17H16N2O2. The van der Waals surface area contributed by atoms with Crippen LogP contribution in [0.3, 0.4) is 0 Å². The third-order valence-corrected chi connectivity index (χ3v) is 3.52. The quantitative estimate of drug-likeness (QED) is 0.907. The molecule has 0 saturated heterocycles. The van der Waals surface area contributed by atoms with E-state index in [1.54, 1.807) is 12.1 Å². The second-order valence-corrected chi connectivity index (χ2v) is 5.06. The van der Waals surface area contributed by atoms with E-state index in [1.807, 2.05) is 17.1 Å². The summed E-state index contributed by atoms with van der Waals surface area (Å²) in [5.41, 5.74) is 8.02. The van der Waals surface area contributed by atoms with Gasteiger partial charge in [0.05, 0.1) is 23.5 Å². The molecule has 0 fully saturated rings. The fourth-order valence-corrected chi connectivity index (χ4v) is 2.29. The Bertz CT molecular complexity index is 688. The summed E-state index contributed by atoms with van der Waals surface area (Å²) in [5.74, 6) is -0.908. The number of carbonyl (C=O) groups is 1. The van der Waals surface area contributed by atoms with Gasteiger partial charge in [0, 0.05) is 0 Å². The molecule has 2 N–H and O–H groups in total. The summed E-state index contributed by atoms with van der Waals surface area (Å²) >= 11 is 0. The molecule has 1 aliphatic rings. The van der Waals surface area contributed by atoms with E-state index in [2.05, 4.69) is 42.7 Å². The number of carboxylic acids is 1. The minimum atomic E-state index is -0.908. The summed E-state index contributed by atoms with van der Waals surface area (Å²) in [6.07, 6.45) is 2.12. The van der Waals surface area contributed by atoms with E-state index in [0.29, 0.717) is 5.56 Å². The lowest BCUT2D eigenvalue weighted by Gasteiger charge is -2.20. The number of hydrazine groups is 1. The lowest BCUT2D eigenvalue weighted by atomic mass is 10.1. The van der Waals surface area contributed by atoms with Crippen LogP contribution in [-0.2, 0) is 0 Å². The minimum absolute atomic E-state index is 0.296. The van der Waals surface area contributed by atoms with Gasteiger partial charge >= 0.3 is 5.97 Å². The van der Waals surface area contributed by atoms with Crippen LogP contribution in [0.2, 0.25) is 0 Å². The van der Waals surface area contributed by atoms with Crippen molar-refractivity contribution in [3.8, 4) is 0 Å². The van der Waals surface area contributed by atoms with Gasteiger partial charge in [-0.25, -0.2) is 4.79 Å². The summed E-state index contributed by atoms with van der Waals surface area (Å²) in [5, 5.41) is 10.9. The van der Waals surface area contributed by atoms with Crippen LogP contribution in [0.25, 0.3) is 5.70 Å². The molecule has 0 aromatic heterocycles. The Balaban J connectivity index is 1.73. The van der Waals surface area contributed by atoms with Crippen LogP contribution in [0.5, 0.6) is 0 Å². The zero-order chi connectivity index (χ0) is 14.8. The highest BCUT2D eigenvalue weighted by atomic mass is 16.4. The number of aryl methyl sites for hydroxylation is 1. The van der Waals surface area contributed by atoms with Crippen LogP contribution in [0.4, 0.5) is 5.69 Å². The van der Waals surface area contributed by atoms with Crippen LogP contribution >= 0.6 is 0 Å². The molecule has 0 saturated carbocycles. The molecule has 21 heavy (non-hydrogen) atoms. The molecule has 0 amide bonds. The van der Waals surface area contributed by atoms with Crippen molar-refractivity contribution in [1.82, 2.24) is 5.43 Å². The summed E-state index contributed by atoms with van der Waals surface area (Å²) in [6, 6.07) is 15.2. The van der Waals surface area contributed by atoms with Gasteiger partial charge in [-0.2, -0.15) is 0 Å². The smallest absolute Gasteiger partial charge is 0.335 e. The molecule has 4 nitrogen and oxygen atoms in total. The van der Waals surface area contributed by atoms with Crippen molar-refractivity contribution in [3.05, 3.63) is 71.3 Å². The maximum Gasteiger partial charge on any atom is 0.335 e. The number of aromatic carboxylic acids is 1. The van der Waals surface area contributed by atoms with Gasteiger partial charge in [0.15, 0.2) is 0 Å². The molecule has 106 valence electrons. The predicted octanol–water partition coefficient (Wildman–Crippen LogP) is 3.06. The second-order valence-electron chi connectivity index (χ2n) is 5.06. The number of hydrogen-bond acceptors (Lipinski definition) is 3. The highest BCUT2D eigenvalue weighted by Crippen LogP contribution is 2.22. The highest BCUT2D eigenvalue weighted by Gasteiger charge is 2.15. The first-order valence-corrected chi connectivity index (χ1v) is 6.78. The van der Waals surface area contributed by atoms with Crippen molar-refractivity contribution < 1.29 is 9.90 Å². The summed E-state index contributed by atoms with van der Waals surface area (Å²) in [6.45, 7) is 2.81. The van der Waals surface area contributed by atoms with Crippen LogP contribution in [0, 0.1) is 6.92 Å². The molecular weight excluding hydrogens is 264 g/mol. The molecule has 4 heteroatoms. The van der Waals surface area contributed by atoms with Gasteiger partial charge in [-0.1, -0.05) is 29.8 Å². The normalized spacial score (nSPS) is 13.8. The van der Waals surface area contributed by atoms with E-state index in [-0.39, 0.29) is 0 Å². The Kier molecular flexibility index (Phi) is 3.36. The van der Waals surface area contributed by atoms with Crippen molar-refractivity contribution >= 4 is 17.4 Å². The predicted molar refractivity (Wildman–Crippen MR) is 83.0 cm³/mol. The zero-order valence-electron chi connectivity index (χ0n) is 11.7. The zero-order valence-corrected chi connectivity index (χ0v) is 11.7. The minimum Gasteiger partial charge on any atom is -0.478 e. The maximum absolute atomic E-state index is 10.9. The third-order valence-electron chi connectivity index (χ3n) is 3.52. The largest absolute Gasteiger partial charge is 0.478 e. The standard InChI is InChI=1S/C17H16N2O2/c1-12-2-4-13(5-3-12)16-10-11-19(18-16)15-8-6-14(7-9-15)17(20)21/h2-10,18H,11H2,1H3,(H,20,21). The Morgan fingerprint density at radius 1 is 1.10 bits per heavy atom. The number of hydrogen-bond donors (Lipinski definition) is 2. The van der Waals surface area contributed by atoms with E-state index < -0.39 is 5.97 Å². The van der Waals surface area contributed by atoms with Gasteiger partial charge < -0.3 is 5.11 Å². The second kappa shape index (κ2) is 5.32. The Morgan fingerprint density at radius 2 is 1.76 bits per heavy atom. The number of rotatable bonds is 3. The molecule has 1 aliphatic heterocycles. The first-order chi connectivity index (χ1) is 10.1. The number of anilines is 1. The van der Waals surface area contributed by atoms with Gasteiger partial charge in [-0.15, -0.1) is 0 Å². The first kappa shape index (κ1) is 13.2. The van der Waals surface area contributed by atoms with E-state index in [0.717, 1.165) is 23.5 Å². The lowest BCUT2D eigenvalue weighted by molar-refractivity contribution is 0.0697. The number of nitrogens with zero attached hydrogens (tertiary/aromatic N) is 1. The maximum atomic E-state index is 10.9. The van der Waals surface area contributed by atoms with Crippen LogP contribution in [0.1, 0.15) is 21.5 Å². The van der Waals surface area contributed by atoms with Crippen molar-refractivity contribution in [2.75, 3.05) is 11.6 Å². The van der Waals surface area contributed by atoms with Crippen molar-refractivity contribution in [2.24, 2.45) is 0 Å². The Labute approximate surface area is 123 Å². The average Bonchev–Trinajstić information content (AvgIpc) is 2.98. The van der Waals surface area contributed by atoms with E-state index in [1.165, 1.54) is 5.56 Å². The van der Waals surface area contributed by atoms with E-state index in [4.69, 9.17) is 5.11 Å². The van der Waals surface area contributed by atoms with Gasteiger partial charge in [-0.05, 0) is 42.8 Å². The number of nitrogens with one attached hydrogen (secondary N) is 1. The first-order valence-electron chi connectivity index (χ1n) is 6.78. The molecule has 1 heterocycles. The van der Waals surface area contributed by atoms with E-state index in [9.17, 15) is 4.79 Å². The molecule has 0 aliphatic carbocycles.